The molecule has 2 aromatic rings. The summed E-state index contributed by atoms with van der Waals surface area (Å²) < 4.78 is 65.9. The lowest BCUT2D eigenvalue weighted by Gasteiger charge is -2.31. The second kappa shape index (κ2) is 20.2. The zero-order valence-corrected chi connectivity index (χ0v) is 31.7. The molecule has 2 aromatic carbocycles. The van der Waals surface area contributed by atoms with E-state index in [0.29, 0.717) is 19.6 Å². The minimum Gasteiger partial charge on any atom is -0.495 e. The van der Waals surface area contributed by atoms with Crippen LogP contribution in [0.25, 0.3) is 0 Å². The van der Waals surface area contributed by atoms with Crippen molar-refractivity contribution >= 4 is 54.8 Å². The molecule has 1 atom stereocenters. The Kier molecular flexibility index (Phi) is 16.8. The normalized spacial score (nSPS) is 14.7. The number of amides is 1. The lowest BCUT2D eigenvalue weighted by atomic mass is 10.1. The molecule has 14 heteroatoms. The highest BCUT2D eigenvalue weighted by atomic mass is 35.5. The van der Waals surface area contributed by atoms with Crippen molar-refractivity contribution in [1.82, 2.24) is 8.61 Å². The quantitative estimate of drug-likeness (QED) is 0.0931. The summed E-state index contributed by atoms with van der Waals surface area (Å²) in [6, 6.07) is 10.3. The fraction of sp³-hybridized carbons (Fsp3) is 0.600. The van der Waals surface area contributed by atoms with Gasteiger partial charge in [-0.1, -0.05) is 89.7 Å². The first-order chi connectivity index (χ1) is 23.4. The maximum absolute atomic E-state index is 13.7. The van der Waals surface area contributed by atoms with Crippen LogP contribution in [-0.4, -0.2) is 83.5 Å². The van der Waals surface area contributed by atoms with Crippen LogP contribution < -0.4 is 10.1 Å². The monoisotopic (exact) mass is 740 g/mol. The van der Waals surface area contributed by atoms with E-state index in [2.05, 4.69) is 17.2 Å². The van der Waals surface area contributed by atoms with Crippen LogP contribution in [0.3, 0.4) is 0 Å². The molecule has 0 saturated carbocycles. The molecule has 1 amide bonds. The number of unbranched alkanes of at least 4 members (excludes halogenated alkanes) is 11. The summed E-state index contributed by atoms with van der Waals surface area (Å²) in [6.45, 7) is 3.21. The number of alkyl halides is 1. The van der Waals surface area contributed by atoms with Gasteiger partial charge in [0.15, 0.2) is 5.38 Å². The van der Waals surface area contributed by atoms with Gasteiger partial charge in [-0.25, -0.2) is 26.1 Å². The number of hydrogen-bond donors (Lipinski definition) is 1. The number of carbonyl (C=O) groups is 1. The molecular weight excluding hydrogens is 688 g/mol. The summed E-state index contributed by atoms with van der Waals surface area (Å²) >= 11 is 6.64. The van der Waals surface area contributed by atoms with Gasteiger partial charge in [-0.15, -0.1) is 11.6 Å². The molecule has 1 aliphatic rings. The van der Waals surface area contributed by atoms with Crippen molar-refractivity contribution in [3.05, 3.63) is 42.5 Å². The third-order valence-electron chi connectivity index (χ3n) is 8.38. The molecule has 1 unspecified atom stereocenters. The van der Waals surface area contributed by atoms with Gasteiger partial charge < -0.3 is 14.8 Å². The molecule has 274 valence electrons. The van der Waals surface area contributed by atoms with Gasteiger partial charge in [-0.3, -0.25) is 9.10 Å². The van der Waals surface area contributed by atoms with Crippen LogP contribution in [0.2, 0.25) is 0 Å². The maximum Gasteiger partial charge on any atom is 0.267 e. The number of aliphatic imine (C=N–C) groups is 1. The Morgan fingerprint density at radius 3 is 2.12 bits per heavy atom. The molecule has 0 aromatic heterocycles. The summed E-state index contributed by atoms with van der Waals surface area (Å²) in [7, 11) is -3.66. The summed E-state index contributed by atoms with van der Waals surface area (Å²) in [4.78, 5) is 17.9. The number of methoxy groups -OCH3 is 1. The number of fused-ring (bicyclic) bond motifs is 1. The number of para-hydroxylation sites is 1. The molecule has 1 aliphatic heterocycles. The Bertz CT molecular complexity index is 1600. The van der Waals surface area contributed by atoms with Crippen LogP contribution in [0, 0.1) is 0 Å². The fourth-order valence-corrected chi connectivity index (χ4v) is 8.35. The van der Waals surface area contributed by atoms with E-state index in [-0.39, 0.29) is 39.3 Å². The first-order valence-corrected chi connectivity index (χ1v) is 20.6. The van der Waals surface area contributed by atoms with Crippen LogP contribution in [0.15, 0.2) is 57.2 Å². The van der Waals surface area contributed by atoms with Crippen LogP contribution >= 0.6 is 11.6 Å². The number of hydrogen-bond acceptors (Lipinski definition) is 8. The van der Waals surface area contributed by atoms with Gasteiger partial charge in [0.2, 0.25) is 15.9 Å². The minimum atomic E-state index is -4.06. The standard InChI is InChI=1S/C35H53ClN4O7S2/c1-5-6-7-8-9-10-11-12-13-14-15-18-25-47-26-19-24-40-34(37-30-20-16-17-21-32(30)49(40,44)45)33(36)35(41)38-29-23-22-28(27-31(29)46-4)48(42,43)39(2)3/h16-17,20-23,27,33H,5-15,18-19,24-26H2,1-4H3,(H,38,41). The van der Waals surface area contributed by atoms with Gasteiger partial charge in [0, 0.05) is 39.9 Å². The molecule has 49 heavy (non-hydrogen) atoms. The molecule has 1 heterocycles. The highest BCUT2D eigenvalue weighted by Gasteiger charge is 2.39. The van der Waals surface area contributed by atoms with Crippen molar-refractivity contribution in [3.8, 4) is 5.75 Å². The smallest absolute Gasteiger partial charge is 0.267 e. The zero-order valence-electron chi connectivity index (χ0n) is 29.3. The molecule has 3 rings (SSSR count). The molecule has 0 fully saturated rings. The molecule has 0 spiro atoms. The van der Waals surface area contributed by atoms with Gasteiger partial charge in [0.05, 0.1) is 23.4 Å². The number of anilines is 1. The number of ether oxygens (including phenoxy) is 2. The Balaban J connectivity index is 1.55. The van der Waals surface area contributed by atoms with E-state index in [1.54, 1.807) is 18.2 Å². The average molecular weight is 741 g/mol. The van der Waals surface area contributed by atoms with Gasteiger partial charge in [-0.05, 0) is 37.1 Å². The van der Waals surface area contributed by atoms with Crippen LogP contribution in [0.5, 0.6) is 5.75 Å². The number of nitrogens with zero attached hydrogens (tertiary/aromatic N) is 3. The second-order valence-corrected chi connectivity index (χ2v) is 16.8. The summed E-state index contributed by atoms with van der Waals surface area (Å²) in [5.74, 6) is -0.805. The van der Waals surface area contributed by atoms with E-state index in [1.807, 2.05) is 0 Å². The van der Waals surface area contributed by atoms with Crippen LogP contribution in [-0.2, 0) is 29.6 Å². The molecule has 1 N–H and O–H groups in total. The van der Waals surface area contributed by atoms with E-state index < -0.39 is 31.3 Å². The molecule has 0 saturated heterocycles. The largest absolute Gasteiger partial charge is 0.495 e. The number of benzene rings is 2. The average Bonchev–Trinajstić information content (AvgIpc) is 3.08. The van der Waals surface area contributed by atoms with Gasteiger partial charge in [0.25, 0.3) is 10.0 Å². The van der Waals surface area contributed by atoms with Crippen LogP contribution in [0.4, 0.5) is 11.4 Å². The highest BCUT2D eigenvalue weighted by molar-refractivity contribution is 7.90. The summed E-state index contributed by atoms with van der Waals surface area (Å²) in [5.41, 5.74) is 0.347. The number of rotatable bonds is 23. The lowest BCUT2D eigenvalue weighted by Crippen LogP contribution is -2.47. The Morgan fingerprint density at radius 1 is 0.918 bits per heavy atom. The van der Waals surface area contributed by atoms with Crippen molar-refractivity contribution in [1.29, 1.82) is 0 Å². The third-order valence-corrected chi connectivity index (χ3v) is 12.4. The first-order valence-electron chi connectivity index (χ1n) is 17.3. The molecule has 11 nitrogen and oxygen atoms in total. The highest BCUT2D eigenvalue weighted by Crippen LogP contribution is 2.35. The van der Waals surface area contributed by atoms with Crippen molar-refractivity contribution in [2.75, 3.05) is 46.3 Å². The molecule has 0 radical (unpaired) electrons. The van der Waals surface area contributed by atoms with Crippen molar-refractivity contribution in [3.63, 3.8) is 0 Å². The van der Waals surface area contributed by atoms with Crippen LogP contribution in [0.1, 0.15) is 90.4 Å². The number of carbonyl (C=O) groups excluding carboxylic acids is 1. The molecule has 0 bridgehead atoms. The summed E-state index contributed by atoms with van der Waals surface area (Å²) in [6.07, 6.45) is 15.5. The summed E-state index contributed by atoms with van der Waals surface area (Å²) in [5, 5.41) is 1.13. The predicted molar refractivity (Wildman–Crippen MR) is 196 cm³/mol. The molecule has 0 aliphatic carbocycles. The van der Waals surface area contributed by atoms with E-state index in [9.17, 15) is 21.6 Å². The van der Waals surface area contributed by atoms with E-state index in [4.69, 9.17) is 21.1 Å². The lowest BCUT2D eigenvalue weighted by molar-refractivity contribution is -0.114. The van der Waals surface area contributed by atoms with Gasteiger partial charge in [0.1, 0.15) is 16.5 Å². The Hall–Kier alpha value is -2.71. The number of nitrogens with one attached hydrogen (secondary N) is 1. The minimum absolute atomic E-state index is 0.0187. The Labute approximate surface area is 298 Å². The van der Waals surface area contributed by atoms with Crippen molar-refractivity contribution in [2.45, 2.75) is 106 Å². The predicted octanol–water partition coefficient (Wildman–Crippen LogP) is 7.33. The van der Waals surface area contributed by atoms with E-state index in [1.165, 1.54) is 110 Å². The number of sulfonamides is 2. The van der Waals surface area contributed by atoms with Crippen molar-refractivity contribution in [2.24, 2.45) is 4.99 Å². The maximum atomic E-state index is 13.7. The zero-order chi connectivity index (χ0) is 35.9. The SMILES string of the molecule is CCCCCCCCCCCCCCOCCCN1C(C(Cl)C(=O)Nc2ccc(S(=O)(=O)N(C)C)cc2OC)=Nc2ccccc2S1(=O)=O. The third kappa shape index (κ3) is 11.7. The number of halogens is 1. The van der Waals surface area contributed by atoms with E-state index >= 15 is 0 Å². The second-order valence-electron chi connectivity index (χ2n) is 12.4. The topological polar surface area (TPSA) is 135 Å². The number of amidine groups is 1. The van der Waals surface area contributed by atoms with E-state index in [0.717, 1.165) is 21.5 Å². The van der Waals surface area contributed by atoms with Crippen molar-refractivity contribution < 1.29 is 31.1 Å². The fourth-order valence-electron chi connectivity index (χ4n) is 5.52. The molecular formula is C35H53ClN4O7S2. The van der Waals surface area contributed by atoms with Gasteiger partial charge in [-0.2, -0.15) is 0 Å². The van der Waals surface area contributed by atoms with Gasteiger partial charge >= 0.3 is 0 Å². The first kappa shape index (κ1) is 40.7. The Morgan fingerprint density at radius 2 is 1.51 bits per heavy atom.